The highest BCUT2D eigenvalue weighted by molar-refractivity contribution is 5.57. The summed E-state index contributed by atoms with van der Waals surface area (Å²) in [4.78, 5) is 4.00. The molecule has 0 fully saturated rings. The third kappa shape index (κ3) is 2.43. The second-order valence-electron chi connectivity index (χ2n) is 4.40. The van der Waals surface area contributed by atoms with Gasteiger partial charge in [0, 0.05) is 24.2 Å². The molecule has 0 aliphatic carbocycles. The number of hydrogen-bond donors (Lipinski definition) is 0. The Balaban J connectivity index is 1.87. The Morgan fingerprint density at radius 3 is 2.65 bits per heavy atom. The number of aromatic nitrogens is 3. The van der Waals surface area contributed by atoms with Crippen LogP contribution < -0.4 is 0 Å². The summed E-state index contributed by atoms with van der Waals surface area (Å²) < 4.78 is 1.84. The van der Waals surface area contributed by atoms with Crippen LogP contribution in [0, 0.1) is 11.3 Å². The molecule has 3 aromatic rings. The summed E-state index contributed by atoms with van der Waals surface area (Å²) in [5.41, 5.74) is 3.60. The summed E-state index contributed by atoms with van der Waals surface area (Å²) in [6, 6.07) is 15.6. The van der Waals surface area contributed by atoms with E-state index in [1.165, 1.54) is 0 Å². The Bertz CT molecular complexity index is 753. The van der Waals surface area contributed by atoms with Crippen LogP contribution in [0.2, 0.25) is 0 Å². The average molecular weight is 260 g/mol. The fraction of sp³-hybridized carbons (Fsp3) is 0.0625. The van der Waals surface area contributed by atoms with E-state index in [2.05, 4.69) is 16.2 Å². The van der Waals surface area contributed by atoms with Crippen molar-refractivity contribution in [2.75, 3.05) is 0 Å². The Hall–Kier alpha value is -2.93. The number of nitrogens with zero attached hydrogens (tertiary/aromatic N) is 4. The fourth-order valence-corrected chi connectivity index (χ4v) is 2.07. The molecule has 96 valence electrons. The number of hydrogen-bond acceptors (Lipinski definition) is 3. The smallest absolute Gasteiger partial charge is 0.0995 e. The minimum Gasteiger partial charge on any atom is -0.268 e. The third-order valence-electron chi connectivity index (χ3n) is 3.09. The molecule has 0 radical (unpaired) electrons. The molecule has 0 amide bonds. The molecule has 2 aromatic heterocycles. The number of rotatable bonds is 3. The molecule has 3 rings (SSSR count). The van der Waals surface area contributed by atoms with Gasteiger partial charge >= 0.3 is 0 Å². The average Bonchev–Trinajstić information content (AvgIpc) is 2.97. The van der Waals surface area contributed by atoms with E-state index in [0.717, 1.165) is 16.8 Å². The fourth-order valence-electron chi connectivity index (χ4n) is 2.07. The lowest BCUT2D eigenvalue weighted by Gasteiger charge is -2.03. The summed E-state index contributed by atoms with van der Waals surface area (Å²) in [5, 5.41) is 13.6. The van der Waals surface area contributed by atoms with Gasteiger partial charge in [-0.2, -0.15) is 10.4 Å². The molecule has 0 bridgehead atoms. The van der Waals surface area contributed by atoms with E-state index in [1.54, 1.807) is 12.4 Å². The molecule has 0 aliphatic rings. The lowest BCUT2D eigenvalue weighted by molar-refractivity contribution is 0.688. The highest BCUT2D eigenvalue weighted by Crippen LogP contribution is 2.16. The molecule has 4 nitrogen and oxygen atoms in total. The quantitative estimate of drug-likeness (QED) is 0.727. The van der Waals surface area contributed by atoms with Gasteiger partial charge in [-0.1, -0.05) is 18.2 Å². The van der Waals surface area contributed by atoms with Crippen LogP contribution in [0.1, 0.15) is 11.1 Å². The van der Waals surface area contributed by atoms with E-state index >= 15 is 0 Å². The van der Waals surface area contributed by atoms with Crippen LogP contribution in [0.3, 0.4) is 0 Å². The SMILES string of the molecule is N#Cc1ccccc1Cn1ccc(-c2ccncc2)n1. The molecule has 20 heavy (non-hydrogen) atoms. The molecular weight excluding hydrogens is 248 g/mol. The van der Waals surface area contributed by atoms with E-state index in [4.69, 9.17) is 5.26 Å². The summed E-state index contributed by atoms with van der Waals surface area (Å²) in [5.74, 6) is 0. The summed E-state index contributed by atoms with van der Waals surface area (Å²) >= 11 is 0. The van der Waals surface area contributed by atoms with Crippen molar-refractivity contribution in [1.82, 2.24) is 14.8 Å². The van der Waals surface area contributed by atoms with Gasteiger partial charge in [0.05, 0.1) is 23.9 Å². The molecular formula is C16H12N4. The first kappa shape index (κ1) is 12.1. The van der Waals surface area contributed by atoms with Crippen LogP contribution in [0.4, 0.5) is 0 Å². The maximum absolute atomic E-state index is 9.09. The van der Waals surface area contributed by atoms with Gasteiger partial charge in [0.15, 0.2) is 0 Å². The standard InChI is InChI=1S/C16H12N4/c17-11-14-3-1-2-4-15(14)12-20-10-7-16(19-20)13-5-8-18-9-6-13/h1-10H,12H2. The monoisotopic (exact) mass is 260 g/mol. The highest BCUT2D eigenvalue weighted by atomic mass is 15.3. The van der Waals surface area contributed by atoms with Crippen molar-refractivity contribution in [2.45, 2.75) is 6.54 Å². The van der Waals surface area contributed by atoms with Crippen molar-refractivity contribution in [1.29, 1.82) is 5.26 Å². The zero-order valence-electron chi connectivity index (χ0n) is 10.8. The second kappa shape index (κ2) is 5.37. The predicted molar refractivity (Wildman–Crippen MR) is 75.7 cm³/mol. The van der Waals surface area contributed by atoms with Gasteiger partial charge in [-0.3, -0.25) is 9.67 Å². The lowest BCUT2D eigenvalue weighted by Crippen LogP contribution is -2.02. The predicted octanol–water partition coefficient (Wildman–Crippen LogP) is 2.87. The van der Waals surface area contributed by atoms with E-state index in [1.807, 2.05) is 53.3 Å². The van der Waals surface area contributed by atoms with Gasteiger partial charge in [-0.05, 0) is 29.8 Å². The topological polar surface area (TPSA) is 54.5 Å². The summed E-state index contributed by atoms with van der Waals surface area (Å²) in [6.07, 6.45) is 5.42. The van der Waals surface area contributed by atoms with Crippen LogP contribution in [0.25, 0.3) is 11.3 Å². The zero-order chi connectivity index (χ0) is 13.8. The molecule has 0 unspecified atom stereocenters. The first-order valence-electron chi connectivity index (χ1n) is 6.28. The summed E-state index contributed by atoms with van der Waals surface area (Å²) in [7, 11) is 0. The lowest BCUT2D eigenvalue weighted by atomic mass is 10.1. The summed E-state index contributed by atoms with van der Waals surface area (Å²) in [6.45, 7) is 0.592. The Labute approximate surface area is 116 Å². The van der Waals surface area contributed by atoms with Crippen LogP contribution >= 0.6 is 0 Å². The van der Waals surface area contributed by atoms with Gasteiger partial charge < -0.3 is 0 Å². The van der Waals surface area contributed by atoms with E-state index in [0.29, 0.717) is 12.1 Å². The van der Waals surface area contributed by atoms with Gasteiger partial charge in [0.2, 0.25) is 0 Å². The number of nitriles is 1. The second-order valence-corrected chi connectivity index (χ2v) is 4.40. The molecule has 0 spiro atoms. The highest BCUT2D eigenvalue weighted by Gasteiger charge is 2.05. The zero-order valence-corrected chi connectivity index (χ0v) is 10.8. The molecule has 0 saturated heterocycles. The first-order chi connectivity index (χ1) is 9.86. The van der Waals surface area contributed by atoms with Crippen LogP contribution in [0.15, 0.2) is 61.1 Å². The van der Waals surface area contributed by atoms with Crippen molar-refractivity contribution >= 4 is 0 Å². The Morgan fingerprint density at radius 2 is 1.85 bits per heavy atom. The number of pyridine rings is 1. The van der Waals surface area contributed by atoms with Crippen LogP contribution in [-0.4, -0.2) is 14.8 Å². The molecule has 0 atom stereocenters. The normalized spacial score (nSPS) is 10.2. The van der Waals surface area contributed by atoms with Crippen LogP contribution in [-0.2, 0) is 6.54 Å². The van der Waals surface area contributed by atoms with Gasteiger partial charge in [-0.15, -0.1) is 0 Å². The van der Waals surface area contributed by atoms with Crippen molar-refractivity contribution in [3.8, 4) is 17.3 Å². The van der Waals surface area contributed by atoms with Crippen molar-refractivity contribution < 1.29 is 0 Å². The van der Waals surface area contributed by atoms with Crippen molar-refractivity contribution in [2.24, 2.45) is 0 Å². The molecule has 0 saturated carbocycles. The van der Waals surface area contributed by atoms with Gasteiger partial charge in [0.25, 0.3) is 0 Å². The largest absolute Gasteiger partial charge is 0.268 e. The third-order valence-corrected chi connectivity index (χ3v) is 3.09. The molecule has 4 heteroatoms. The Kier molecular flexibility index (Phi) is 3.25. The van der Waals surface area contributed by atoms with Crippen LogP contribution in [0.5, 0.6) is 0 Å². The van der Waals surface area contributed by atoms with E-state index in [9.17, 15) is 0 Å². The number of benzene rings is 1. The van der Waals surface area contributed by atoms with Crippen molar-refractivity contribution in [3.63, 3.8) is 0 Å². The van der Waals surface area contributed by atoms with Gasteiger partial charge in [0.1, 0.15) is 0 Å². The maximum Gasteiger partial charge on any atom is 0.0995 e. The Morgan fingerprint density at radius 1 is 1.05 bits per heavy atom. The minimum atomic E-state index is 0.592. The molecule has 1 aromatic carbocycles. The molecule has 2 heterocycles. The molecule has 0 aliphatic heterocycles. The first-order valence-corrected chi connectivity index (χ1v) is 6.28. The minimum absolute atomic E-state index is 0.592. The maximum atomic E-state index is 9.09. The van der Waals surface area contributed by atoms with Gasteiger partial charge in [-0.25, -0.2) is 0 Å². The van der Waals surface area contributed by atoms with E-state index in [-0.39, 0.29) is 0 Å². The molecule has 0 N–H and O–H groups in total. The van der Waals surface area contributed by atoms with E-state index < -0.39 is 0 Å². The van der Waals surface area contributed by atoms with Crippen molar-refractivity contribution in [3.05, 3.63) is 72.2 Å².